The molecule has 0 aliphatic rings. The second-order valence-electron chi connectivity index (χ2n) is 4.71. The molecule has 112 valence electrons. The summed E-state index contributed by atoms with van der Waals surface area (Å²) >= 11 is 12.2. The average molecular weight is 328 g/mol. The van der Waals surface area contributed by atoms with Gasteiger partial charge >= 0.3 is 5.97 Å². The molecule has 0 bridgehead atoms. The van der Waals surface area contributed by atoms with Crippen molar-refractivity contribution >= 4 is 29.2 Å². The third-order valence-electron chi connectivity index (χ3n) is 3.04. The molecule has 2 rings (SSSR count). The third kappa shape index (κ3) is 4.72. The van der Waals surface area contributed by atoms with Crippen LogP contribution in [0.1, 0.15) is 30.5 Å². The lowest BCUT2D eigenvalue weighted by Crippen LogP contribution is -2.01. The zero-order valence-electron chi connectivity index (χ0n) is 11.3. The van der Waals surface area contributed by atoms with Crippen LogP contribution in [0.2, 0.25) is 10.0 Å². The molecule has 1 aromatic heterocycles. The molecule has 2 aromatic rings. The van der Waals surface area contributed by atoms with Crippen molar-refractivity contribution < 1.29 is 9.90 Å². The van der Waals surface area contributed by atoms with Crippen molar-refractivity contribution in [1.29, 1.82) is 0 Å². The molecule has 1 aromatic carbocycles. The van der Waals surface area contributed by atoms with Crippen LogP contribution < -0.4 is 0 Å². The Bertz CT molecular complexity index is 608. The van der Waals surface area contributed by atoms with E-state index in [0.717, 1.165) is 17.7 Å². The molecule has 7 heteroatoms. The SMILES string of the molecule is O=C(O)CCCCc1cn(Cc2c(Cl)cccc2Cl)nn1. The molecule has 0 aliphatic heterocycles. The molecule has 0 radical (unpaired) electrons. The molecule has 0 atom stereocenters. The summed E-state index contributed by atoms with van der Waals surface area (Å²) in [5, 5.41) is 17.9. The van der Waals surface area contributed by atoms with E-state index < -0.39 is 5.97 Å². The Balaban J connectivity index is 1.92. The maximum absolute atomic E-state index is 10.4. The highest BCUT2D eigenvalue weighted by molar-refractivity contribution is 6.35. The molecular formula is C14H15Cl2N3O2. The smallest absolute Gasteiger partial charge is 0.303 e. The fourth-order valence-electron chi connectivity index (χ4n) is 1.96. The number of rotatable bonds is 7. The van der Waals surface area contributed by atoms with E-state index in [0.29, 0.717) is 29.4 Å². The molecule has 0 fully saturated rings. The first-order valence-corrected chi connectivity index (χ1v) is 7.35. The van der Waals surface area contributed by atoms with Crippen molar-refractivity contribution in [3.63, 3.8) is 0 Å². The highest BCUT2D eigenvalue weighted by atomic mass is 35.5. The van der Waals surface area contributed by atoms with Crippen LogP contribution in [-0.4, -0.2) is 26.1 Å². The van der Waals surface area contributed by atoms with Gasteiger partial charge in [0.15, 0.2) is 0 Å². The maximum atomic E-state index is 10.4. The number of carbonyl (C=O) groups is 1. The third-order valence-corrected chi connectivity index (χ3v) is 3.75. The largest absolute Gasteiger partial charge is 0.481 e. The van der Waals surface area contributed by atoms with E-state index in [-0.39, 0.29) is 6.42 Å². The summed E-state index contributed by atoms with van der Waals surface area (Å²) in [4.78, 5) is 10.4. The number of nitrogens with zero attached hydrogens (tertiary/aromatic N) is 3. The van der Waals surface area contributed by atoms with Gasteiger partial charge in [-0.1, -0.05) is 34.5 Å². The number of carboxylic acids is 1. The molecular weight excluding hydrogens is 313 g/mol. The Morgan fingerprint density at radius 1 is 1.24 bits per heavy atom. The fourth-order valence-corrected chi connectivity index (χ4v) is 2.48. The van der Waals surface area contributed by atoms with Gasteiger partial charge < -0.3 is 5.11 Å². The number of aliphatic carboxylic acids is 1. The van der Waals surface area contributed by atoms with Crippen LogP contribution in [0.4, 0.5) is 0 Å². The zero-order chi connectivity index (χ0) is 15.2. The molecule has 1 N–H and O–H groups in total. The Morgan fingerprint density at radius 3 is 2.62 bits per heavy atom. The first kappa shape index (κ1) is 15.8. The fraction of sp³-hybridized carbons (Fsp3) is 0.357. The second-order valence-corrected chi connectivity index (χ2v) is 5.52. The summed E-state index contributed by atoms with van der Waals surface area (Å²) in [6.07, 6.45) is 4.14. The van der Waals surface area contributed by atoms with Gasteiger partial charge in [-0.05, 0) is 31.4 Å². The number of hydrogen-bond donors (Lipinski definition) is 1. The Morgan fingerprint density at radius 2 is 1.95 bits per heavy atom. The standard InChI is InChI=1S/C14H15Cl2N3O2/c15-12-5-3-6-13(16)11(12)9-19-8-10(17-18-19)4-1-2-7-14(20)21/h3,5-6,8H,1-2,4,7,9H2,(H,20,21). The molecule has 0 amide bonds. The molecule has 0 spiro atoms. The Labute approximate surface area is 132 Å². The molecule has 0 saturated carbocycles. The van der Waals surface area contributed by atoms with Crippen LogP contribution in [-0.2, 0) is 17.8 Å². The van der Waals surface area contributed by atoms with Gasteiger partial charge in [-0.2, -0.15) is 0 Å². The summed E-state index contributed by atoms with van der Waals surface area (Å²) in [7, 11) is 0. The highest BCUT2D eigenvalue weighted by Crippen LogP contribution is 2.24. The predicted octanol–water partition coefficient (Wildman–Crippen LogP) is 3.43. The van der Waals surface area contributed by atoms with Gasteiger partial charge in [-0.3, -0.25) is 4.79 Å². The van der Waals surface area contributed by atoms with E-state index in [9.17, 15) is 4.79 Å². The van der Waals surface area contributed by atoms with Gasteiger partial charge in [0, 0.05) is 28.2 Å². The van der Waals surface area contributed by atoms with Crippen LogP contribution in [0.15, 0.2) is 24.4 Å². The number of unbranched alkanes of at least 4 members (excludes halogenated alkanes) is 1. The summed E-state index contributed by atoms with van der Waals surface area (Å²) in [5.41, 5.74) is 1.65. The number of aryl methyl sites for hydroxylation is 1. The number of halogens is 2. The van der Waals surface area contributed by atoms with Crippen molar-refractivity contribution in [3.05, 3.63) is 45.7 Å². The summed E-state index contributed by atoms with van der Waals surface area (Å²) < 4.78 is 1.68. The lowest BCUT2D eigenvalue weighted by atomic mass is 10.1. The molecule has 0 saturated heterocycles. The lowest BCUT2D eigenvalue weighted by Gasteiger charge is -2.05. The molecule has 21 heavy (non-hydrogen) atoms. The molecule has 1 heterocycles. The maximum Gasteiger partial charge on any atom is 0.303 e. The normalized spacial score (nSPS) is 10.8. The quantitative estimate of drug-likeness (QED) is 0.791. The van der Waals surface area contributed by atoms with E-state index in [1.54, 1.807) is 22.9 Å². The zero-order valence-corrected chi connectivity index (χ0v) is 12.8. The first-order valence-electron chi connectivity index (χ1n) is 6.60. The van der Waals surface area contributed by atoms with Gasteiger partial charge in [-0.15, -0.1) is 5.10 Å². The van der Waals surface area contributed by atoms with Gasteiger partial charge in [0.2, 0.25) is 0 Å². The molecule has 5 nitrogen and oxygen atoms in total. The van der Waals surface area contributed by atoms with Crippen molar-refractivity contribution in [2.24, 2.45) is 0 Å². The van der Waals surface area contributed by atoms with Gasteiger partial charge in [-0.25, -0.2) is 4.68 Å². The number of benzene rings is 1. The van der Waals surface area contributed by atoms with Crippen LogP contribution in [0.5, 0.6) is 0 Å². The summed E-state index contributed by atoms with van der Waals surface area (Å²) in [6, 6.07) is 5.36. The van der Waals surface area contributed by atoms with E-state index in [4.69, 9.17) is 28.3 Å². The predicted molar refractivity (Wildman–Crippen MR) is 80.8 cm³/mol. The van der Waals surface area contributed by atoms with E-state index in [1.165, 1.54) is 0 Å². The Kier molecular flexibility index (Phi) is 5.59. The van der Waals surface area contributed by atoms with Gasteiger partial charge in [0.05, 0.1) is 12.2 Å². The van der Waals surface area contributed by atoms with Crippen LogP contribution >= 0.6 is 23.2 Å². The van der Waals surface area contributed by atoms with E-state index in [2.05, 4.69) is 10.3 Å². The van der Waals surface area contributed by atoms with Crippen molar-refractivity contribution in [2.75, 3.05) is 0 Å². The van der Waals surface area contributed by atoms with Crippen molar-refractivity contribution in [1.82, 2.24) is 15.0 Å². The van der Waals surface area contributed by atoms with E-state index >= 15 is 0 Å². The number of aromatic nitrogens is 3. The van der Waals surface area contributed by atoms with E-state index in [1.807, 2.05) is 6.20 Å². The van der Waals surface area contributed by atoms with Gasteiger partial charge in [0.25, 0.3) is 0 Å². The van der Waals surface area contributed by atoms with Crippen molar-refractivity contribution in [3.8, 4) is 0 Å². The summed E-state index contributed by atoms with van der Waals surface area (Å²) in [5.74, 6) is -0.771. The monoisotopic (exact) mass is 327 g/mol. The minimum Gasteiger partial charge on any atom is -0.481 e. The average Bonchev–Trinajstić information content (AvgIpc) is 2.87. The second kappa shape index (κ2) is 7.43. The molecule has 0 aliphatic carbocycles. The molecule has 0 unspecified atom stereocenters. The summed E-state index contributed by atoms with van der Waals surface area (Å²) in [6.45, 7) is 0.459. The van der Waals surface area contributed by atoms with Gasteiger partial charge in [0.1, 0.15) is 0 Å². The Hall–Kier alpha value is -1.59. The first-order chi connectivity index (χ1) is 10.1. The lowest BCUT2D eigenvalue weighted by molar-refractivity contribution is -0.137. The number of carboxylic acid groups (broad SMARTS) is 1. The minimum atomic E-state index is -0.771. The highest BCUT2D eigenvalue weighted by Gasteiger charge is 2.08. The van der Waals surface area contributed by atoms with Crippen molar-refractivity contribution in [2.45, 2.75) is 32.2 Å². The topological polar surface area (TPSA) is 68.0 Å². The number of hydrogen-bond acceptors (Lipinski definition) is 3. The van der Waals surface area contributed by atoms with Crippen LogP contribution in [0.25, 0.3) is 0 Å². The minimum absolute atomic E-state index is 0.184. The van der Waals surface area contributed by atoms with Crippen LogP contribution in [0, 0.1) is 0 Å². The van der Waals surface area contributed by atoms with Crippen LogP contribution in [0.3, 0.4) is 0 Å².